The first-order chi connectivity index (χ1) is 5.77. The minimum absolute atomic E-state index is 0.0391. The molecule has 0 saturated carbocycles. The maximum atomic E-state index is 13.0. The Morgan fingerprint density at radius 2 is 2.33 bits per heavy atom. The van der Waals surface area contributed by atoms with E-state index in [1.807, 2.05) is 0 Å². The molecule has 0 aliphatic carbocycles. The molecule has 0 amide bonds. The fraction of sp³-hybridized carbons (Fsp3) is 1.00. The molecular formula is C9H16FNO. The summed E-state index contributed by atoms with van der Waals surface area (Å²) in [6, 6.07) is 0. The molecule has 1 N–H and O–H groups in total. The number of hydrogen-bond donors (Lipinski definition) is 1. The lowest BCUT2D eigenvalue weighted by atomic mass is 9.87. The van der Waals surface area contributed by atoms with Gasteiger partial charge in [-0.2, -0.15) is 0 Å². The zero-order valence-electron chi connectivity index (χ0n) is 7.30. The molecule has 2 atom stereocenters. The van der Waals surface area contributed by atoms with Crippen LogP contribution in [0.25, 0.3) is 0 Å². The molecule has 2 aliphatic rings. The minimum Gasteiger partial charge on any atom is -0.394 e. The number of piperidine rings is 1. The summed E-state index contributed by atoms with van der Waals surface area (Å²) in [4.78, 5) is 2.14. The van der Waals surface area contributed by atoms with E-state index in [0.29, 0.717) is 13.0 Å². The quantitative estimate of drug-likeness (QED) is 0.638. The summed E-state index contributed by atoms with van der Waals surface area (Å²) in [5.41, 5.74) is -0.0391. The van der Waals surface area contributed by atoms with Gasteiger partial charge < -0.3 is 5.11 Å². The van der Waals surface area contributed by atoms with Crippen molar-refractivity contribution < 1.29 is 9.50 Å². The monoisotopic (exact) mass is 173 g/mol. The van der Waals surface area contributed by atoms with Crippen molar-refractivity contribution in [3.8, 4) is 0 Å². The molecule has 0 bridgehead atoms. The summed E-state index contributed by atoms with van der Waals surface area (Å²) in [5, 5.41) is 9.27. The molecule has 0 aromatic rings. The highest BCUT2D eigenvalue weighted by Crippen LogP contribution is 2.37. The lowest BCUT2D eigenvalue weighted by molar-refractivity contribution is 0.00148. The van der Waals surface area contributed by atoms with E-state index in [1.54, 1.807) is 0 Å². The van der Waals surface area contributed by atoms with E-state index in [-0.39, 0.29) is 12.1 Å². The SMILES string of the molecule is OC[C@@]12CCCN1C[C@H](F)CC2. The Kier molecular flexibility index (Phi) is 2.09. The Morgan fingerprint density at radius 1 is 1.50 bits per heavy atom. The van der Waals surface area contributed by atoms with Crippen LogP contribution in [0.4, 0.5) is 4.39 Å². The molecule has 0 aromatic heterocycles. The fourth-order valence-electron chi connectivity index (χ4n) is 2.58. The van der Waals surface area contributed by atoms with Crippen LogP contribution in [-0.2, 0) is 0 Å². The molecule has 2 fully saturated rings. The van der Waals surface area contributed by atoms with Crippen molar-refractivity contribution in [1.82, 2.24) is 4.90 Å². The molecule has 2 rings (SSSR count). The lowest BCUT2D eigenvalue weighted by Gasteiger charge is -2.42. The molecule has 0 radical (unpaired) electrons. The van der Waals surface area contributed by atoms with Gasteiger partial charge in [0.05, 0.1) is 6.61 Å². The lowest BCUT2D eigenvalue weighted by Crippen LogP contribution is -2.53. The van der Waals surface area contributed by atoms with Gasteiger partial charge in [0, 0.05) is 12.1 Å². The van der Waals surface area contributed by atoms with Crippen LogP contribution in [0, 0.1) is 0 Å². The standard InChI is InChI=1S/C9H16FNO/c10-8-2-4-9(7-12)3-1-5-11(9)6-8/h8,12H,1-7H2/t8-,9+/m1/s1. The molecule has 2 saturated heterocycles. The number of nitrogens with zero attached hydrogens (tertiary/aromatic N) is 1. The Morgan fingerprint density at radius 3 is 3.08 bits per heavy atom. The molecule has 2 heterocycles. The highest BCUT2D eigenvalue weighted by Gasteiger charge is 2.44. The Labute approximate surface area is 72.4 Å². The average Bonchev–Trinajstić information content (AvgIpc) is 2.48. The number of halogens is 1. The summed E-state index contributed by atoms with van der Waals surface area (Å²) in [7, 11) is 0. The second-order valence-electron chi connectivity index (χ2n) is 4.07. The predicted octanol–water partition coefficient (Wildman–Crippen LogP) is 0.945. The van der Waals surface area contributed by atoms with Gasteiger partial charge in [0.15, 0.2) is 0 Å². The van der Waals surface area contributed by atoms with Crippen molar-refractivity contribution in [2.75, 3.05) is 19.7 Å². The van der Waals surface area contributed by atoms with Gasteiger partial charge in [0.2, 0.25) is 0 Å². The van der Waals surface area contributed by atoms with Gasteiger partial charge in [-0.1, -0.05) is 0 Å². The molecule has 0 spiro atoms. The Bertz CT molecular complexity index is 176. The third kappa shape index (κ3) is 1.15. The van der Waals surface area contributed by atoms with Crippen molar-refractivity contribution in [2.24, 2.45) is 0 Å². The maximum absolute atomic E-state index is 13.0. The molecule has 2 aliphatic heterocycles. The van der Waals surface area contributed by atoms with Crippen LogP contribution in [0.1, 0.15) is 25.7 Å². The minimum atomic E-state index is -0.664. The van der Waals surface area contributed by atoms with Gasteiger partial charge >= 0.3 is 0 Å². The van der Waals surface area contributed by atoms with Crippen LogP contribution in [-0.4, -0.2) is 41.4 Å². The van der Waals surface area contributed by atoms with Crippen LogP contribution in [0.3, 0.4) is 0 Å². The van der Waals surface area contributed by atoms with Crippen LogP contribution in [0.5, 0.6) is 0 Å². The van der Waals surface area contributed by atoms with E-state index >= 15 is 0 Å². The van der Waals surface area contributed by atoms with Gasteiger partial charge in [-0.3, -0.25) is 4.90 Å². The van der Waals surface area contributed by atoms with E-state index in [9.17, 15) is 9.50 Å². The first-order valence-corrected chi connectivity index (χ1v) is 4.77. The fourth-order valence-corrected chi connectivity index (χ4v) is 2.58. The van der Waals surface area contributed by atoms with Crippen molar-refractivity contribution in [3.05, 3.63) is 0 Å². The largest absolute Gasteiger partial charge is 0.394 e. The second-order valence-corrected chi connectivity index (χ2v) is 4.07. The van der Waals surface area contributed by atoms with Crippen LogP contribution in [0.2, 0.25) is 0 Å². The van der Waals surface area contributed by atoms with Crippen molar-refractivity contribution >= 4 is 0 Å². The molecule has 0 aromatic carbocycles. The van der Waals surface area contributed by atoms with Gasteiger partial charge in [0.1, 0.15) is 6.17 Å². The number of hydrogen-bond acceptors (Lipinski definition) is 2. The zero-order valence-corrected chi connectivity index (χ0v) is 7.30. The summed E-state index contributed by atoms with van der Waals surface area (Å²) >= 11 is 0. The van der Waals surface area contributed by atoms with E-state index in [2.05, 4.69) is 4.90 Å². The predicted molar refractivity (Wildman–Crippen MR) is 44.8 cm³/mol. The summed E-state index contributed by atoms with van der Waals surface area (Å²) in [5.74, 6) is 0. The average molecular weight is 173 g/mol. The number of aliphatic hydroxyl groups excluding tert-OH is 1. The van der Waals surface area contributed by atoms with E-state index < -0.39 is 6.17 Å². The Hall–Kier alpha value is -0.150. The van der Waals surface area contributed by atoms with Crippen LogP contribution < -0.4 is 0 Å². The first kappa shape index (κ1) is 8.45. The van der Waals surface area contributed by atoms with Gasteiger partial charge in [-0.05, 0) is 32.2 Å². The molecule has 0 unspecified atom stereocenters. The van der Waals surface area contributed by atoms with Crippen molar-refractivity contribution in [1.29, 1.82) is 0 Å². The maximum Gasteiger partial charge on any atom is 0.113 e. The van der Waals surface area contributed by atoms with Crippen molar-refractivity contribution in [2.45, 2.75) is 37.4 Å². The first-order valence-electron chi connectivity index (χ1n) is 4.77. The highest BCUT2D eigenvalue weighted by atomic mass is 19.1. The molecule has 2 nitrogen and oxygen atoms in total. The summed E-state index contributed by atoms with van der Waals surface area (Å²) in [6.45, 7) is 1.72. The zero-order chi connectivity index (χ0) is 8.60. The normalized spacial score (nSPS) is 43.0. The number of alkyl halides is 1. The van der Waals surface area contributed by atoms with Crippen LogP contribution in [0.15, 0.2) is 0 Å². The highest BCUT2D eigenvalue weighted by molar-refractivity contribution is 4.99. The third-order valence-corrected chi connectivity index (χ3v) is 3.38. The number of fused-ring (bicyclic) bond motifs is 1. The summed E-state index contributed by atoms with van der Waals surface area (Å²) < 4.78 is 13.0. The van der Waals surface area contributed by atoms with E-state index in [4.69, 9.17) is 0 Å². The number of aliphatic hydroxyl groups is 1. The molecule has 3 heteroatoms. The van der Waals surface area contributed by atoms with Gasteiger partial charge in [-0.15, -0.1) is 0 Å². The topological polar surface area (TPSA) is 23.5 Å². The summed E-state index contributed by atoms with van der Waals surface area (Å²) in [6.07, 6.45) is 2.98. The van der Waals surface area contributed by atoms with Gasteiger partial charge in [0.25, 0.3) is 0 Å². The second kappa shape index (κ2) is 2.96. The van der Waals surface area contributed by atoms with Crippen molar-refractivity contribution in [3.63, 3.8) is 0 Å². The van der Waals surface area contributed by atoms with Gasteiger partial charge in [-0.25, -0.2) is 4.39 Å². The molecular weight excluding hydrogens is 157 g/mol. The third-order valence-electron chi connectivity index (χ3n) is 3.38. The molecule has 70 valence electrons. The van der Waals surface area contributed by atoms with Crippen LogP contribution >= 0.6 is 0 Å². The van der Waals surface area contributed by atoms with E-state index in [1.165, 1.54) is 0 Å². The Balaban J connectivity index is 2.10. The number of rotatable bonds is 1. The molecule has 12 heavy (non-hydrogen) atoms. The smallest absolute Gasteiger partial charge is 0.113 e. The van der Waals surface area contributed by atoms with E-state index in [0.717, 1.165) is 25.8 Å².